The van der Waals surface area contributed by atoms with Crippen molar-refractivity contribution < 1.29 is 19.5 Å². The fourth-order valence-corrected chi connectivity index (χ4v) is 4.36. The van der Waals surface area contributed by atoms with Crippen LogP contribution in [-0.2, 0) is 9.59 Å². The highest BCUT2D eigenvalue weighted by Gasteiger charge is 2.35. The van der Waals surface area contributed by atoms with E-state index in [1.807, 2.05) is 18.2 Å². The van der Waals surface area contributed by atoms with Crippen molar-refractivity contribution in [3.63, 3.8) is 0 Å². The fraction of sp³-hybridized carbons (Fsp3) is 0.591. The Morgan fingerprint density at radius 1 is 1.17 bits per heavy atom. The lowest BCUT2D eigenvalue weighted by Gasteiger charge is -2.23. The largest absolute Gasteiger partial charge is 0.481 e. The van der Waals surface area contributed by atoms with Crippen LogP contribution in [0.5, 0.6) is 0 Å². The SMILES string of the molecule is NCCCC(NC(=O)c1cccc(N2CCCC2)c1)C(=O)NC1CCCC1C(=O)O. The van der Waals surface area contributed by atoms with Crippen LogP contribution in [0.2, 0.25) is 0 Å². The van der Waals surface area contributed by atoms with E-state index < -0.39 is 24.0 Å². The normalized spacial score (nSPS) is 22.0. The highest BCUT2D eigenvalue weighted by atomic mass is 16.4. The van der Waals surface area contributed by atoms with E-state index >= 15 is 0 Å². The molecule has 0 spiro atoms. The molecule has 3 rings (SSSR count). The van der Waals surface area contributed by atoms with Gasteiger partial charge >= 0.3 is 5.97 Å². The molecule has 0 aromatic heterocycles. The number of hydrogen-bond acceptors (Lipinski definition) is 5. The molecule has 0 radical (unpaired) electrons. The summed E-state index contributed by atoms with van der Waals surface area (Å²) in [5.41, 5.74) is 7.13. The molecule has 164 valence electrons. The number of carbonyl (C=O) groups is 3. The zero-order valence-electron chi connectivity index (χ0n) is 17.3. The maximum atomic E-state index is 12.9. The van der Waals surface area contributed by atoms with Gasteiger partial charge in [-0.05, 0) is 63.3 Å². The number of aliphatic carboxylic acids is 1. The first-order valence-corrected chi connectivity index (χ1v) is 10.9. The number of benzene rings is 1. The molecule has 3 atom stereocenters. The second-order valence-electron chi connectivity index (χ2n) is 8.19. The van der Waals surface area contributed by atoms with E-state index in [2.05, 4.69) is 15.5 Å². The minimum absolute atomic E-state index is 0.311. The van der Waals surface area contributed by atoms with Crippen LogP contribution >= 0.6 is 0 Å². The molecule has 1 saturated carbocycles. The number of carboxylic acid groups (broad SMARTS) is 1. The number of hydrogen-bond donors (Lipinski definition) is 4. The van der Waals surface area contributed by atoms with Gasteiger partial charge in [0.2, 0.25) is 5.91 Å². The van der Waals surface area contributed by atoms with Crippen LogP contribution in [0.15, 0.2) is 24.3 Å². The van der Waals surface area contributed by atoms with Crippen molar-refractivity contribution in [1.29, 1.82) is 0 Å². The van der Waals surface area contributed by atoms with Gasteiger partial charge in [-0.25, -0.2) is 0 Å². The van der Waals surface area contributed by atoms with Crippen molar-refractivity contribution >= 4 is 23.5 Å². The summed E-state index contributed by atoms with van der Waals surface area (Å²) in [5.74, 6) is -2.11. The summed E-state index contributed by atoms with van der Waals surface area (Å²) in [6.45, 7) is 2.38. The lowest BCUT2D eigenvalue weighted by atomic mass is 10.0. The zero-order chi connectivity index (χ0) is 21.5. The molecular weight excluding hydrogens is 384 g/mol. The van der Waals surface area contributed by atoms with Crippen molar-refractivity contribution in [2.75, 3.05) is 24.5 Å². The van der Waals surface area contributed by atoms with Gasteiger partial charge in [0.15, 0.2) is 0 Å². The summed E-state index contributed by atoms with van der Waals surface area (Å²) in [4.78, 5) is 39.4. The first-order valence-electron chi connectivity index (χ1n) is 10.9. The van der Waals surface area contributed by atoms with Crippen molar-refractivity contribution in [2.45, 2.75) is 57.0 Å². The Bertz CT molecular complexity index is 763. The number of carboxylic acids is 1. The van der Waals surface area contributed by atoms with E-state index in [0.29, 0.717) is 37.8 Å². The molecule has 2 aliphatic rings. The van der Waals surface area contributed by atoms with Crippen molar-refractivity contribution in [3.05, 3.63) is 29.8 Å². The third-order valence-corrected chi connectivity index (χ3v) is 6.06. The number of anilines is 1. The third kappa shape index (κ3) is 5.50. The second kappa shape index (κ2) is 10.4. The van der Waals surface area contributed by atoms with Crippen molar-refractivity contribution in [1.82, 2.24) is 10.6 Å². The number of amides is 2. The van der Waals surface area contributed by atoms with Crippen LogP contribution < -0.4 is 21.3 Å². The summed E-state index contributed by atoms with van der Waals surface area (Å²) in [7, 11) is 0. The number of rotatable bonds is 9. The number of carbonyl (C=O) groups excluding carboxylic acids is 2. The maximum Gasteiger partial charge on any atom is 0.308 e. The Labute approximate surface area is 177 Å². The first kappa shape index (κ1) is 22.1. The lowest BCUT2D eigenvalue weighted by Crippen LogP contribution is -2.51. The average Bonchev–Trinajstić information content (AvgIpc) is 3.43. The Hall–Kier alpha value is -2.61. The van der Waals surface area contributed by atoms with Crippen LogP contribution in [-0.4, -0.2) is 54.6 Å². The van der Waals surface area contributed by atoms with E-state index in [-0.39, 0.29) is 11.8 Å². The third-order valence-electron chi connectivity index (χ3n) is 6.06. The van der Waals surface area contributed by atoms with E-state index in [1.54, 1.807) is 6.07 Å². The smallest absolute Gasteiger partial charge is 0.308 e. The quantitative estimate of drug-likeness (QED) is 0.483. The minimum atomic E-state index is -0.890. The summed E-state index contributed by atoms with van der Waals surface area (Å²) < 4.78 is 0. The molecular formula is C22H32N4O4. The van der Waals surface area contributed by atoms with Crippen LogP contribution in [0.4, 0.5) is 5.69 Å². The van der Waals surface area contributed by atoms with Gasteiger partial charge in [-0.15, -0.1) is 0 Å². The van der Waals surface area contributed by atoms with Gasteiger partial charge < -0.3 is 26.4 Å². The van der Waals surface area contributed by atoms with Crippen LogP contribution in [0, 0.1) is 5.92 Å². The van der Waals surface area contributed by atoms with Gasteiger partial charge in [0.1, 0.15) is 6.04 Å². The van der Waals surface area contributed by atoms with Gasteiger partial charge in [0.25, 0.3) is 5.91 Å². The molecule has 8 heteroatoms. The summed E-state index contributed by atoms with van der Waals surface area (Å²) in [6, 6.07) is 6.30. The predicted octanol–water partition coefficient (Wildman–Crippen LogP) is 1.49. The van der Waals surface area contributed by atoms with Gasteiger partial charge in [0.05, 0.1) is 5.92 Å². The minimum Gasteiger partial charge on any atom is -0.481 e. The van der Waals surface area contributed by atoms with Gasteiger partial charge in [-0.3, -0.25) is 14.4 Å². The lowest BCUT2D eigenvalue weighted by molar-refractivity contribution is -0.142. The first-order chi connectivity index (χ1) is 14.5. The van der Waals surface area contributed by atoms with Gasteiger partial charge in [-0.2, -0.15) is 0 Å². The molecule has 8 nitrogen and oxygen atoms in total. The Balaban J connectivity index is 1.66. The average molecular weight is 417 g/mol. The Kier molecular flexibility index (Phi) is 7.68. The maximum absolute atomic E-state index is 12.9. The highest BCUT2D eigenvalue weighted by molar-refractivity contribution is 5.98. The molecule has 2 fully saturated rings. The molecule has 1 aliphatic heterocycles. The topological polar surface area (TPSA) is 125 Å². The standard InChI is InChI=1S/C22H32N4O4/c23-11-5-10-19(21(28)24-18-9-4-8-17(18)22(29)30)25-20(27)15-6-3-7-16(14-15)26-12-1-2-13-26/h3,6-7,14,17-19H,1-2,4-5,8-13,23H2,(H,24,28)(H,25,27)(H,29,30). The summed E-state index contributed by atoms with van der Waals surface area (Å²) >= 11 is 0. The second-order valence-corrected chi connectivity index (χ2v) is 8.19. The van der Waals surface area contributed by atoms with Crippen molar-refractivity contribution in [3.8, 4) is 0 Å². The Morgan fingerprint density at radius 2 is 1.93 bits per heavy atom. The number of nitrogens with zero attached hydrogens (tertiary/aromatic N) is 1. The predicted molar refractivity (Wildman–Crippen MR) is 114 cm³/mol. The van der Waals surface area contributed by atoms with E-state index in [0.717, 1.165) is 38.0 Å². The molecule has 5 N–H and O–H groups in total. The fourth-order valence-electron chi connectivity index (χ4n) is 4.36. The molecule has 1 saturated heterocycles. The molecule has 0 bridgehead atoms. The highest BCUT2D eigenvalue weighted by Crippen LogP contribution is 2.26. The molecule has 1 aliphatic carbocycles. The molecule has 3 unspecified atom stereocenters. The molecule has 1 aromatic carbocycles. The summed E-state index contributed by atoms with van der Waals surface area (Å²) in [6.07, 6.45) is 5.25. The molecule has 2 amide bonds. The number of nitrogens with two attached hydrogens (primary N) is 1. The Morgan fingerprint density at radius 3 is 2.63 bits per heavy atom. The monoisotopic (exact) mass is 416 g/mol. The van der Waals surface area contributed by atoms with E-state index in [4.69, 9.17) is 5.73 Å². The molecule has 1 aromatic rings. The van der Waals surface area contributed by atoms with Crippen LogP contribution in [0.3, 0.4) is 0 Å². The molecule has 30 heavy (non-hydrogen) atoms. The van der Waals surface area contributed by atoms with E-state index in [9.17, 15) is 19.5 Å². The van der Waals surface area contributed by atoms with Crippen LogP contribution in [0.1, 0.15) is 55.3 Å². The summed E-state index contributed by atoms with van der Waals surface area (Å²) in [5, 5.41) is 15.0. The van der Waals surface area contributed by atoms with Gasteiger partial charge in [-0.1, -0.05) is 12.5 Å². The molecule has 1 heterocycles. The van der Waals surface area contributed by atoms with E-state index in [1.165, 1.54) is 0 Å². The van der Waals surface area contributed by atoms with Crippen LogP contribution in [0.25, 0.3) is 0 Å². The van der Waals surface area contributed by atoms with Crippen molar-refractivity contribution in [2.24, 2.45) is 11.7 Å². The number of nitrogens with one attached hydrogen (secondary N) is 2. The van der Waals surface area contributed by atoms with Gasteiger partial charge in [0, 0.05) is 30.4 Å². The zero-order valence-corrected chi connectivity index (χ0v) is 17.3.